The minimum Gasteiger partial charge on any atom is -0.364 e. The smallest absolute Gasteiger partial charge is 0.364 e. The van der Waals surface area contributed by atoms with E-state index < -0.39 is 41.2 Å². The number of carbonyl (C=O) groups excluding carboxylic acids is 2. The summed E-state index contributed by atoms with van der Waals surface area (Å²) >= 11 is 6.15. The van der Waals surface area contributed by atoms with Gasteiger partial charge in [0.1, 0.15) is 11.4 Å². The van der Waals surface area contributed by atoms with E-state index in [0.717, 1.165) is 29.3 Å². The fraction of sp³-hybridized carbons (Fsp3) is 0.333. The minimum absolute atomic E-state index is 0.0172. The molecule has 0 aliphatic carbocycles. The van der Waals surface area contributed by atoms with Gasteiger partial charge in [-0.25, -0.2) is 4.39 Å². The molecule has 232 valence electrons. The van der Waals surface area contributed by atoms with Gasteiger partial charge >= 0.3 is 6.18 Å². The molecule has 0 saturated carbocycles. The zero-order chi connectivity index (χ0) is 31.3. The molecule has 1 spiro atoms. The van der Waals surface area contributed by atoms with Gasteiger partial charge in [0.05, 0.1) is 23.4 Å². The van der Waals surface area contributed by atoms with E-state index >= 15 is 0 Å². The summed E-state index contributed by atoms with van der Waals surface area (Å²) in [6.07, 6.45) is -3.21. The summed E-state index contributed by atoms with van der Waals surface area (Å²) in [4.78, 5) is 29.4. The molecule has 5 rings (SSSR count). The van der Waals surface area contributed by atoms with Gasteiger partial charge in [0.15, 0.2) is 0 Å². The zero-order valence-corrected chi connectivity index (χ0v) is 24.6. The Morgan fingerprint density at radius 3 is 2.41 bits per heavy atom. The van der Waals surface area contributed by atoms with Crippen LogP contribution in [-0.4, -0.2) is 54.0 Å². The van der Waals surface area contributed by atoms with Gasteiger partial charge in [-0.3, -0.25) is 14.5 Å². The van der Waals surface area contributed by atoms with E-state index in [0.29, 0.717) is 50.3 Å². The maximum Gasteiger partial charge on any atom is 0.416 e. The van der Waals surface area contributed by atoms with Gasteiger partial charge in [0.2, 0.25) is 6.41 Å². The molecular weight excluding hydrogens is 598 g/mol. The molecule has 0 bridgehead atoms. The van der Waals surface area contributed by atoms with Crippen LogP contribution in [0.15, 0.2) is 84.1 Å². The summed E-state index contributed by atoms with van der Waals surface area (Å²) in [5.74, 6) is -1.65. The first-order chi connectivity index (χ1) is 21.1. The highest BCUT2D eigenvalue weighted by atomic mass is 35.5. The molecule has 2 heterocycles. The van der Waals surface area contributed by atoms with Crippen LogP contribution in [0.25, 0.3) is 0 Å². The molecule has 3 aromatic carbocycles. The van der Waals surface area contributed by atoms with E-state index in [2.05, 4.69) is 10.2 Å². The number of hydrogen-bond acceptors (Lipinski definition) is 4. The van der Waals surface area contributed by atoms with Crippen molar-refractivity contribution >= 4 is 23.9 Å². The Morgan fingerprint density at radius 2 is 1.73 bits per heavy atom. The second kappa shape index (κ2) is 13.5. The first-order valence-electron chi connectivity index (χ1n) is 14.3. The van der Waals surface area contributed by atoms with Crippen LogP contribution >= 0.6 is 11.6 Å². The van der Waals surface area contributed by atoms with Crippen LogP contribution in [0.5, 0.6) is 0 Å². The van der Waals surface area contributed by atoms with E-state index in [1.54, 1.807) is 6.07 Å². The molecule has 1 saturated heterocycles. The van der Waals surface area contributed by atoms with Gasteiger partial charge in [-0.05, 0) is 54.7 Å². The molecule has 0 atom stereocenters. The highest BCUT2D eigenvalue weighted by molar-refractivity contribution is 6.30. The molecule has 44 heavy (non-hydrogen) atoms. The van der Waals surface area contributed by atoms with Crippen LogP contribution in [0, 0.1) is 5.82 Å². The van der Waals surface area contributed by atoms with Crippen LogP contribution in [0.3, 0.4) is 0 Å². The first-order valence-corrected chi connectivity index (χ1v) is 14.7. The van der Waals surface area contributed by atoms with Crippen molar-refractivity contribution in [1.29, 1.82) is 0 Å². The van der Waals surface area contributed by atoms with Crippen LogP contribution in [-0.2, 0) is 40.0 Å². The molecule has 2 amide bonds. The molecular formula is C33H32ClF4N3O3. The van der Waals surface area contributed by atoms with Gasteiger partial charge in [-0.2, -0.15) is 13.2 Å². The quantitative estimate of drug-likeness (QED) is 0.216. The lowest BCUT2D eigenvalue weighted by molar-refractivity contribution is -0.140. The van der Waals surface area contributed by atoms with Gasteiger partial charge in [-0.15, -0.1) is 0 Å². The Labute approximate surface area is 258 Å². The Morgan fingerprint density at radius 1 is 1.02 bits per heavy atom. The number of benzene rings is 3. The molecule has 3 aromatic rings. The van der Waals surface area contributed by atoms with Crippen molar-refractivity contribution in [1.82, 2.24) is 15.1 Å². The number of halogens is 5. The monoisotopic (exact) mass is 629 g/mol. The first kappa shape index (κ1) is 31.7. The average molecular weight is 630 g/mol. The second-order valence-electron chi connectivity index (χ2n) is 11.0. The zero-order valence-electron chi connectivity index (χ0n) is 23.9. The van der Waals surface area contributed by atoms with Crippen molar-refractivity contribution in [3.8, 4) is 0 Å². The molecule has 0 unspecified atom stereocenters. The predicted molar refractivity (Wildman–Crippen MR) is 158 cm³/mol. The third kappa shape index (κ3) is 7.14. The van der Waals surface area contributed by atoms with E-state index in [4.69, 9.17) is 16.3 Å². The number of carbonyl (C=O) groups is 2. The minimum atomic E-state index is -4.82. The van der Waals surface area contributed by atoms with Crippen molar-refractivity contribution in [2.45, 2.75) is 44.1 Å². The number of hydrogen-bond donors (Lipinski definition) is 1. The highest BCUT2D eigenvalue weighted by Gasteiger charge is 2.49. The highest BCUT2D eigenvalue weighted by Crippen LogP contribution is 2.42. The number of ether oxygens (including phenoxy) is 1. The molecule has 2 aliphatic rings. The predicted octanol–water partition coefficient (Wildman–Crippen LogP) is 6.13. The lowest BCUT2D eigenvalue weighted by Gasteiger charge is -2.41. The maximum absolute atomic E-state index is 15.0. The lowest BCUT2D eigenvalue weighted by Crippen LogP contribution is -2.49. The number of amides is 2. The van der Waals surface area contributed by atoms with Gasteiger partial charge in [0, 0.05) is 43.3 Å². The fourth-order valence-corrected chi connectivity index (χ4v) is 6.21. The standard InChI is InChI=1S/C33H32ClF4N3O3/c34-25-9-4-8-24(18-25)19-40-16-13-32(14-17-40)30(29(21-44-32)39-22-42)31(43)41(15-12-23-6-2-1-3-7-23)20-26-27(33(36,37)38)10-5-11-28(26)35/h1-11,18,22H,12-17,19-21H2,(H,39,42). The van der Waals surface area contributed by atoms with Crippen LogP contribution < -0.4 is 5.32 Å². The maximum atomic E-state index is 15.0. The molecule has 0 aromatic heterocycles. The number of nitrogens with zero attached hydrogens (tertiary/aromatic N) is 2. The fourth-order valence-electron chi connectivity index (χ4n) is 5.99. The Kier molecular flexibility index (Phi) is 9.72. The summed E-state index contributed by atoms with van der Waals surface area (Å²) in [7, 11) is 0. The third-order valence-electron chi connectivity index (χ3n) is 8.23. The summed E-state index contributed by atoms with van der Waals surface area (Å²) in [5, 5.41) is 3.22. The summed E-state index contributed by atoms with van der Waals surface area (Å²) < 4.78 is 63.0. The Bertz CT molecular complexity index is 1520. The number of alkyl halides is 3. The Balaban J connectivity index is 1.45. The normalized spacial score (nSPS) is 16.8. The van der Waals surface area contributed by atoms with Crippen molar-refractivity contribution in [3.05, 3.63) is 117 Å². The molecule has 1 N–H and O–H groups in total. The number of nitrogens with one attached hydrogen (secondary N) is 1. The molecule has 1 fully saturated rings. The van der Waals surface area contributed by atoms with Crippen molar-refractivity contribution in [2.75, 3.05) is 26.2 Å². The van der Waals surface area contributed by atoms with E-state index in [1.807, 2.05) is 48.5 Å². The van der Waals surface area contributed by atoms with Crippen LogP contribution in [0.2, 0.25) is 5.02 Å². The van der Waals surface area contributed by atoms with E-state index in [-0.39, 0.29) is 24.4 Å². The summed E-state index contributed by atoms with van der Waals surface area (Å²) in [6.45, 7) is 1.14. The number of piperidine rings is 1. The summed E-state index contributed by atoms with van der Waals surface area (Å²) in [6, 6.07) is 19.5. The van der Waals surface area contributed by atoms with E-state index in [9.17, 15) is 27.2 Å². The van der Waals surface area contributed by atoms with Crippen LogP contribution in [0.1, 0.15) is 35.1 Å². The largest absolute Gasteiger partial charge is 0.416 e. The third-order valence-corrected chi connectivity index (χ3v) is 8.46. The average Bonchev–Trinajstić information content (AvgIpc) is 3.34. The second-order valence-corrected chi connectivity index (χ2v) is 11.5. The van der Waals surface area contributed by atoms with Gasteiger partial charge in [0.25, 0.3) is 5.91 Å². The number of rotatable bonds is 10. The summed E-state index contributed by atoms with van der Waals surface area (Å²) in [5.41, 5.74) is -0.443. The van der Waals surface area contributed by atoms with Crippen molar-refractivity contribution < 1.29 is 31.9 Å². The van der Waals surface area contributed by atoms with Crippen LogP contribution in [0.4, 0.5) is 17.6 Å². The molecule has 0 radical (unpaired) electrons. The van der Waals surface area contributed by atoms with Gasteiger partial charge < -0.3 is 15.0 Å². The van der Waals surface area contributed by atoms with E-state index in [1.165, 1.54) is 4.90 Å². The SMILES string of the molecule is O=CNC1=C(C(=O)N(CCc2ccccc2)Cc2c(F)cccc2C(F)(F)F)C2(CCN(Cc3cccc(Cl)c3)CC2)OC1. The molecule has 6 nitrogen and oxygen atoms in total. The van der Waals surface area contributed by atoms with Crippen molar-refractivity contribution in [2.24, 2.45) is 0 Å². The van der Waals surface area contributed by atoms with Crippen molar-refractivity contribution in [3.63, 3.8) is 0 Å². The van der Waals surface area contributed by atoms with Gasteiger partial charge in [-0.1, -0.05) is 60.1 Å². The lowest BCUT2D eigenvalue weighted by atomic mass is 9.83. The Hall–Kier alpha value is -3.73. The molecule has 11 heteroatoms. The molecule has 2 aliphatic heterocycles. The number of likely N-dealkylation sites (tertiary alicyclic amines) is 1. The topological polar surface area (TPSA) is 61.9 Å².